The van der Waals surface area contributed by atoms with Crippen LogP contribution in [0, 0.1) is 18.3 Å². The highest BCUT2D eigenvalue weighted by Gasteiger charge is 2.33. The maximum absolute atomic E-state index is 10.3. The molecule has 2 heteroatoms. The number of nitrogens with zero attached hydrogens (tertiary/aromatic N) is 1. The highest BCUT2D eigenvalue weighted by molar-refractivity contribution is 5.33. The average molecular weight is 235 g/mol. The zero-order valence-electron chi connectivity index (χ0n) is 11.7. The zero-order valence-corrected chi connectivity index (χ0v) is 11.7. The van der Waals surface area contributed by atoms with E-state index in [1.165, 1.54) is 17.0 Å². The molecule has 0 aliphatic heterocycles. The Balaban J connectivity index is 2.43. The van der Waals surface area contributed by atoms with Crippen LogP contribution >= 0.6 is 0 Å². The van der Waals surface area contributed by atoms with Crippen LogP contribution in [0.15, 0.2) is 6.07 Å². The van der Waals surface area contributed by atoms with Crippen LogP contribution in [0.2, 0.25) is 0 Å². The van der Waals surface area contributed by atoms with Crippen LogP contribution in [0.25, 0.3) is 0 Å². The number of hydrogen-bond donors (Lipinski definition) is 1. The Morgan fingerprint density at radius 1 is 1.47 bits per heavy atom. The normalized spacial score (nSPS) is 22.9. The Bertz CT molecular complexity index is 415. The summed E-state index contributed by atoms with van der Waals surface area (Å²) in [5, 5.41) is 10.3. The molecular weight excluding hydrogens is 210 g/mol. The predicted octanol–water partition coefficient (Wildman–Crippen LogP) is 3.46. The summed E-state index contributed by atoms with van der Waals surface area (Å²) in [7, 11) is 0. The molecule has 17 heavy (non-hydrogen) atoms. The second kappa shape index (κ2) is 4.16. The molecule has 0 saturated carbocycles. The van der Waals surface area contributed by atoms with Gasteiger partial charge in [-0.05, 0) is 37.2 Å². The van der Waals surface area contributed by atoms with Crippen molar-refractivity contribution in [3.63, 3.8) is 0 Å². The van der Waals surface area contributed by atoms with Crippen LogP contribution in [0.3, 0.4) is 0 Å². The first-order chi connectivity index (χ1) is 7.80. The number of hydrogen-bond acceptors (Lipinski definition) is 1. The minimum atomic E-state index is -0.277. The van der Waals surface area contributed by atoms with Crippen molar-refractivity contribution in [3.8, 4) is 0 Å². The van der Waals surface area contributed by atoms with Crippen molar-refractivity contribution in [1.29, 1.82) is 0 Å². The Morgan fingerprint density at radius 2 is 2.12 bits per heavy atom. The van der Waals surface area contributed by atoms with E-state index in [0.29, 0.717) is 5.92 Å². The second-order valence-corrected chi connectivity index (χ2v) is 6.75. The maximum atomic E-state index is 10.3. The Hall–Kier alpha value is -0.760. The lowest BCUT2D eigenvalue weighted by Gasteiger charge is -2.34. The van der Waals surface area contributed by atoms with Crippen LogP contribution in [-0.4, -0.2) is 9.67 Å². The SMILES string of the molecule is Cc1cc2c(n1CC(C)C)CC(C)(C)CC2O. The van der Waals surface area contributed by atoms with Crippen LogP contribution < -0.4 is 0 Å². The fourth-order valence-electron chi connectivity index (χ4n) is 3.02. The van der Waals surface area contributed by atoms with Gasteiger partial charge in [0.2, 0.25) is 0 Å². The van der Waals surface area contributed by atoms with Crippen molar-refractivity contribution in [1.82, 2.24) is 4.57 Å². The molecule has 2 rings (SSSR count). The summed E-state index contributed by atoms with van der Waals surface area (Å²) in [5.74, 6) is 0.646. The smallest absolute Gasteiger partial charge is 0.0812 e. The van der Waals surface area contributed by atoms with Gasteiger partial charge in [-0.1, -0.05) is 27.7 Å². The van der Waals surface area contributed by atoms with Crippen molar-refractivity contribution < 1.29 is 5.11 Å². The molecule has 0 spiro atoms. The van der Waals surface area contributed by atoms with E-state index in [0.717, 1.165) is 19.4 Å². The van der Waals surface area contributed by atoms with E-state index >= 15 is 0 Å². The second-order valence-electron chi connectivity index (χ2n) is 6.75. The summed E-state index contributed by atoms with van der Waals surface area (Å²) in [5.41, 5.74) is 4.04. The van der Waals surface area contributed by atoms with Gasteiger partial charge >= 0.3 is 0 Å². The summed E-state index contributed by atoms with van der Waals surface area (Å²) in [6.45, 7) is 12.2. The molecule has 0 aromatic carbocycles. The van der Waals surface area contributed by atoms with Crippen LogP contribution in [-0.2, 0) is 13.0 Å². The maximum Gasteiger partial charge on any atom is 0.0812 e. The van der Waals surface area contributed by atoms with Gasteiger partial charge in [0.15, 0.2) is 0 Å². The van der Waals surface area contributed by atoms with Gasteiger partial charge in [0.05, 0.1) is 6.10 Å². The molecule has 96 valence electrons. The summed E-state index contributed by atoms with van der Waals surface area (Å²) in [4.78, 5) is 0. The average Bonchev–Trinajstić information content (AvgIpc) is 2.43. The quantitative estimate of drug-likeness (QED) is 0.834. The third kappa shape index (κ3) is 2.42. The molecule has 1 aromatic rings. The molecule has 0 radical (unpaired) electrons. The zero-order chi connectivity index (χ0) is 12.8. The molecule has 1 aliphatic carbocycles. The summed E-state index contributed by atoms with van der Waals surface area (Å²) in [6.07, 6.45) is 1.69. The largest absolute Gasteiger partial charge is 0.388 e. The first-order valence-corrected chi connectivity index (χ1v) is 6.67. The lowest BCUT2D eigenvalue weighted by atomic mass is 9.75. The molecular formula is C15H25NO. The van der Waals surface area contributed by atoms with Gasteiger partial charge in [0.1, 0.15) is 0 Å². The summed E-state index contributed by atoms with van der Waals surface area (Å²) in [6, 6.07) is 2.18. The number of aliphatic hydroxyl groups is 1. The van der Waals surface area contributed by atoms with E-state index in [-0.39, 0.29) is 11.5 Å². The van der Waals surface area contributed by atoms with Crippen molar-refractivity contribution in [2.75, 3.05) is 0 Å². The monoisotopic (exact) mass is 235 g/mol. The van der Waals surface area contributed by atoms with Gasteiger partial charge in [-0.3, -0.25) is 0 Å². The number of aryl methyl sites for hydroxylation is 1. The van der Waals surface area contributed by atoms with E-state index in [9.17, 15) is 5.11 Å². The standard InChI is InChI=1S/C15H25NO/c1-10(2)9-16-11(3)6-12-13(16)7-15(4,5)8-14(12)17/h6,10,14,17H,7-9H2,1-5H3. The molecule has 0 bridgehead atoms. The fourth-order valence-corrected chi connectivity index (χ4v) is 3.02. The molecule has 1 atom stereocenters. The van der Waals surface area contributed by atoms with Gasteiger partial charge < -0.3 is 9.67 Å². The molecule has 2 nitrogen and oxygen atoms in total. The number of fused-ring (bicyclic) bond motifs is 1. The topological polar surface area (TPSA) is 25.2 Å². The Labute approximate surface area is 105 Å². The molecule has 1 aromatic heterocycles. The molecule has 1 N–H and O–H groups in total. The van der Waals surface area contributed by atoms with Crippen LogP contribution in [0.5, 0.6) is 0 Å². The lowest BCUT2D eigenvalue weighted by molar-refractivity contribution is 0.0977. The van der Waals surface area contributed by atoms with E-state index in [1.807, 2.05) is 0 Å². The fraction of sp³-hybridized carbons (Fsp3) is 0.733. The summed E-state index contributed by atoms with van der Waals surface area (Å²) < 4.78 is 2.41. The van der Waals surface area contributed by atoms with Gasteiger partial charge in [-0.15, -0.1) is 0 Å². The van der Waals surface area contributed by atoms with Gasteiger partial charge in [0.25, 0.3) is 0 Å². The highest BCUT2D eigenvalue weighted by Crippen LogP contribution is 2.42. The molecule has 1 aliphatic rings. The van der Waals surface area contributed by atoms with Crippen molar-refractivity contribution in [2.24, 2.45) is 11.3 Å². The van der Waals surface area contributed by atoms with E-state index < -0.39 is 0 Å². The minimum Gasteiger partial charge on any atom is -0.388 e. The predicted molar refractivity (Wildman–Crippen MR) is 71.1 cm³/mol. The number of aromatic nitrogens is 1. The van der Waals surface area contributed by atoms with Crippen molar-refractivity contribution in [3.05, 3.63) is 23.0 Å². The van der Waals surface area contributed by atoms with Gasteiger partial charge in [-0.25, -0.2) is 0 Å². The summed E-state index contributed by atoms with van der Waals surface area (Å²) >= 11 is 0. The van der Waals surface area contributed by atoms with Crippen LogP contribution in [0.1, 0.15) is 57.2 Å². The van der Waals surface area contributed by atoms with E-state index in [1.54, 1.807) is 0 Å². The Kier molecular flexibility index (Phi) is 3.11. The highest BCUT2D eigenvalue weighted by atomic mass is 16.3. The third-order valence-corrected chi connectivity index (χ3v) is 3.75. The number of aliphatic hydroxyl groups excluding tert-OH is 1. The third-order valence-electron chi connectivity index (χ3n) is 3.75. The van der Waals surface area contributed by atoms with Crippen LogP contribution in [0.4, 0.5) is 0 Å². The molecule has 1 unspecified atom stereocenters. The van der Waals surface area contributed by atoms with Gasteiger partial charge in [-0.2, -0.15) is 0 Å². The lowest BCUT2D eigenvalue weighted by Crippen LogP contribution is -2.27. The van der Waals surface area contributed by atoms with Gasteiger partial charge in [0, 0.05) is 23.5 Å². The first kappa shape index (κ1) is 12.7. The molecule has 0 fully saturated rings. The van der Waals surface area contributed by atoms with Crippen molar-refractivity contribution in [2.45, 2.75) is 60.1 Å². The van der Waals surface area contributed by atoms with E-state index in [2.05, 4.69) is 45.3 Å². The minimum absolute atomic E-state index is 0.214. The Morgan fingerprint density at radius 3 is 2.71 bits per heavy atom. The molecule has 1 heterocycles. The first-order valence-electron chi connectivity index (χ1n) is 6.67. The molecule has 0 amide bonds. The number of rotatable bonds is 2. The van der Waals surface area contributed by atoms with Crippen molar-refractivity contribution >= 4 is 0 Å². The van der Waals surface area contributed by atoms with E-state index in [4.69, 9.17) is 0 Å². The molecule has 0 saturated heterocycles.